The Labute approximate surface area is 155 Å². The molecule has 27 heavy (non-hydrogen) atoms. The number of benzene rings is 1. The van der Waals surface area contributed by atoms with Crippen LogP contribution in [-0.2, 0) is 13.0 Å². The van der Waals surface area contributed by atoms with Crippen LogP contribution < -0.4 is 5.56 Å². The summed E-state index contributed by atoms with van der Waals surface area (Å²) in [5.41, 5.74) is 1.30. The summed E-state index contributed by atoms with van der Waals surface area (Å²) in [6.45, 7) is 4.00. The molecule has 2 aromatic heterocycles. The Hall–Kier alpha value is -2.96. The van der Waals surface area contributed by atoms with E-state index in [0.29, 0.717) is 41.2 Å². The molecule has 4 heterocycles. The molecule has 5 rings (SSSR count). The van der Waals surface area contributed by atoms with Gasteiger partial charge in [-0.15, -0.1) is 0 Å². The van der Waals surface area contributed by atoms with Crippen LogP contribution >= 0.6 is 0 Å². The highest BCUT2D eigenvalue weighted by Gasteiger charge is 2.42. The van der Waals surface area contributed by atoms with Gasteiger partial charge in [-0.1, -0.05) is 12.1 Å². The molecule has 1 amide bonds. The molecule has 0 saturated carbocycles. The summed E-state index contributed by atoms with van der Waals surface area (Å²) in [5, 5.41) is 0.624. The van der Waals surface area contributed by atoms with Crippen LogP contribution in [0.25, 0.3) is 10.9 Å². The van der Waals surface area contributed by atoms with Gasteiger partial charge in [-0.2, -0.15) is 0 Å². The van der Waals surface area contributed by atoms with Gasteiger partial charge < -0.3 is 9.32 Å². The summed E-state index contributed by atoms with van der Waals surface area (Å²) in [6, 6.07) is 7.41. The molecule has 1 saturated heterocycles. The van der Waals surface area contributed by atoms with Gasteiger partial charge in [0, 0.05) is 25.9 Å². The minimum absolute atomic E-state index is 0.0223. The summed E-state index contributed by atoms with van der Waals surface area (Å²) in [4.78, 5) is 37.1. The van der Waals surface area contributed by atoms with E-state index in [1.165, 1.54) is 0 Å². The zero-order chi connectivity index (χ0) is 18.7. The lowest BCUT2D eigenvalue weighted by molar-refractivity contribution is 0.0630. The zero-order valence-electron chi connectivity index (χ0n) is 15.3. The number of nitrogens with zero attached hydrogens (tertiary/aromatic N) is 4. The fraction of sp³-hybridized carbons (Fsp3) is 0.400. The molecule has 7 nitrogen and oxygen atoms in total. The largest absolute Gasteiger partial charge is 0.436 e. The topological polar surface area (TPSA) is 81.2 Å². The second-order valence-electron chi connectivity index (χ2n) is 7.41. The Morgan fingerprint density at radius 1 is 1.15 bits per heavy atom. The Balaban J connectivity index is 1.59. The molecule has 2 bridgehead atoms. The van der Waals surface area contributed by atoms with Crippen molar-refractivity contribution in [1.82, 2.24) is 19.4 Å². The number of hydrogen-bond donors (Lipinski definition) is 0. The maximum absolute atomic E-state index is 13.2. The van der Waals surface area contributed by atoms with Crippen molar-refractivity contribution in [2.45, 2.75) is 51.7 Å². The lowest BCUT2D eigenvalue weighted by Crippen LogP contribution is -2.42. The number of carbonyl (C=O) groups is 1. The fourth-order valence-corrected chi connectivity index (χ4v) is 4.50. The van der Waals surface area contributed by atoms with Crippen LogP contribution in [0.1, 0.15) is 40.8 Å². The Morgan fingerprint density at radius 3 is 2.70 bits per heavy atom. The first-order valence-corrected chi connectivity index (χ1v) is 9.28. The molecule has 0 unspecified atom stereocenters. The highest BCUT2D eigenvalue weighted by atomic mass is 16.4. The molecule has 1 aromatic carbocycles. The van der Waals surface area contributed by atoms with Crippen molar-refractivity contribution in [3.8, 4) is 0 Å². The summed E-state index contributed by atoms with van der Waals surface area (Å²) in [6.07, 6.45) is 2.36. The van der Waals surface area contributed by atoms with Crippen molar-refractivity contribution < 1.29 is 9.21 Å². The number of oxazole rings is 1. The predicted octanol–water partition coefficient (Wildman–Crippen LogP) is 2.23. The number of hydrogen-bond acceptors (Lipinski definition) is 5. The number of fused-ring (bicyclic) bond motifs is 4. The number of aryl methyl sites for hydroxylation is 2. The molecule has 1 fully saturated rings. The SMILES string of the molecule is Cc1nc(C)c(C(=O)N2[C@@H]3CC[C@@H]2Cn2c(nc4ccccc4c2=O)C3)o1. The first-order valence-electron chi connectivity index (χ1n) is 9.28. The van der Waals surface area contributed by atoms with E-state index in [0.717, 1.165) is 18.7 Å². The number of para-hydroxylation sites is 1. The van der Waals surface area contributed by atoms with E-state index < -0.39 is 0 Å². The third-order valence-electron chi connectivity index (χ3n) is 5.70. The average molecular weight is 364 g/mol. The molecule has 0 radical (unpaired) electrons. The smallest absolute Gasteiger partial charge is 0.292 e. The van der Waals surface area contributed by atoms with E-state index in [4.69, 9.17) is 9.40 Å². The minimum atomic E-state index is -0.133. The summed E-state index contributed by atoms with van der Waals surface area (Å²) < 4.78 is 7.33. The lowest BCUT2D eigenvalue weighted by atomic mass is 10.1. The van der Waals surface area contributed by atoms with E-state index in [-0.39, 0.29) is 23.6 Å². The molecular formula is C20H20N4O3. The standard InChI is InChI=1S/C20H20N4O3/c1-11-18(27-12(2)21-11)20(26)24-13-7-8-14(24)10-23-17(9-13)22-16-6-4-3-5-15(16)19(23)25/h3-6,13-14H,7-10H2,1-2H3/t13-,14-/m1/s1. The van der Waals surface area contributed by atoms with Crippen LogP contribution in [0.4, 0.5) is 0 Å². The fourth-order valence-electron chi connectivity index (χ4n) is 4.50. The molecule has 2 aliphatic rings. The van der Waals surface area contributed by atoms with E-state index in [1.807, 2.05) is 29.2 Å². The van der Waals surface area contributed by atoms with E-state index in [9.17, 15) is 9.59 Å². The molecule has 2 aliphatic heterocycles. The summed E-state index contributed by atoms with van der Waals surface area (Å²) >= 11 is 0. The third kappa shape index (κ3) is 2.41. The molecule has 0 aliphatic carbocycles. The van der Waals surface area contributed by atoms with Crippen molar-refractivity contribution in [3.63, 3.8) is 0 Å². The van der Waals surface area contributed by atoms with Crippen molar-refractivity contribution in [2.24, 2.45) is 0 Å². The summed E-state index contributed by atoms with van der Waals surface area (Å²) in [5.74, 6) is 1.42. The van der Waals surface area contributed by atoms with Crippen LogP contribution in [0.2, 0.25) is 0 Å². The van der Waals surface area contributed by atoms with Crippen molar-refractivity contribution in [1.29, 1.82) is 0 Å². The van der Waals surface area contributed by atoms with E-state index in [1.54, 1.807) is 18.4 Å². The quantitative estimate of drug-likeness (QED) is 0.661. The average Bonchev–Trinajstić information content (AvgIpc) is 3.13. The van der Waals surface area contributed by atoms with Gasteiger partial charge >= 0.3 is 0 Å². The van der Waals surface area contributed by atoms with Crippen molar-refractivity contribution in [3.05, 3.63) is 57.8 Å². The Kier molecular flexibility index (Phi) is 3.47. The van der Waals surface area contributed by atoms with Crippen LogP contribution in [-0.4, -0.2) is 37.4 Å². The highest BCUT2D eigenvalue weighted by molar-refractivity contribution is 5.93. The van der Waals surface area contributed by atoms with Crippen molar-refractivity contribution in [2.75, 3.05) is 0 Å². The predicted molar refractivity (Wildman–Crippen MR) is 98.7 cm³/mol. The first kappa shape index (κ1) is 16.2. The lowest BCUT2D eigenvalue weighted by Gasteiger charge is -2.26. The normalized spacial score (nSPS) is 21.3. The first-order chi connectivity index (χ1) is 13.0. The monoisotopic (exact) mass is 364 g/mol. The van der Waals surface area contributed by atoms with Gasteiger partial charge in [-0.25, -0.2) is 9.97 Å². The molecule has 3 aromatic rings. The zero-order valence-corrected chi connectivity index (χ0v) is 15.3. The van der Waals surface area contributed by atoms with Crippen LogP contribution in [0.3, 0.4) is 0 Å². The number of aromatic nitrogens is 3. The molecular weight excluding hydrogens is 344 g/mol. The van der Waals surface area contributed by atoms with Gasteiger partial charge in [-0.05, 0) is 31.9 Å². The van der Waals surface area contributed by atoms with Crippen LogP contribution in [0.5, 0.6) is 0 Å². The Morgan fingerprint density at radius 2 is 1.93 bits per heavy atom. The van der Waals surface area contributed by atoms with Gasteiger partial charge in [0.2, 0.25) is 5.76 Å². The second-order valence-corrected chi connectivity index (χ2v) is 7.41. The summed E-state index contributed by atoms with van der Waals surface area (Å²) in [7, 11) is 0. The minimum Gasteiger partial charge on any atom is -0.436 e. The maximum atomic E-state index is 13.2. The van der Waals surface area contributed by atoms with Crippen molar-refractivity contribution >= 4 is 16.8 Å². The van der Waals surface area contributed by atoms with Gasteiger partial charge in [0.05, 0.1) is 22.6 Å². The van der Waals surface area contributed by atoms with Gasteiger partial charge in [0.15, 0.2) is 5.89 Å². The number of carbonyl (C=O) groups excluding carboxylic acids is 1. The van der Waals surface area contributed by atoms with Gasteiger partial charge in [-0.3, -0.25) is 14.2 Å². The third-order valence-corrected chi connectivity index (χ3v) is 5.70. The van der Waals surface area contributed by atoms with Crippen LogP contribution in [0, 0.1) is 13.8 Å². The Bertz CT molecular complexity index is 1130. The van der Waals surface area contributed by atoms with Crippen LogP contribution in [0.15, 0.2) is 33.5 Å². The number of amides is 1. The van der Waals surface area contributed by atoms with Gasteiger partial charge in [0.25, 0.3) is 11.5 Å². The molecule has 0 N–H and O–H groups in total. The molecule has 138 valence electrons. The molecule has 7 heteroatoms. The van der Waals surface area contributed by atoms with Gasteiger partial charge in [0.1, 0.15) is 5.82 Å². The van der Waals surface area contributed by atoms with E-state index in [2.05, 4.69) is 4.98 Å². The van der Waals surface area contributed by atoms with E-state index >= 15 is 0 Å². The highest BCUT2D eigenvalue weighted by Crippen LogP contribution is 2.32. The maximum Gasteiger partial charge on any atom is 0.292 e. The molecule has 2 atom stereocenters. The second kappa shape index (κ2) is 5.77. The number of rotatable bonds is 1. The molecule has 0 spiro atoms.